The zero-order valence-electron chi connectivity index (χ0n) is 21.0. The first-order chi connectivity index (χ1) is 17.0. The average Bonchev–Trinajstić information content (AvgIpc) is 3.17. The summed E-state index contributed by atoms with van der Waals surface area (Å²) in [5.74, 6) is -2.02. The lowest BCUT2D eigenvalue weighted by molar-refractivity contribution is -0.148. The number of primary amides is 1. The molecule has 2 aliphatic carbocycles. The van der Waals surface area contributed by atoms with Gasteiger partial charge in [-0.3, -0.25) is 14.4 Å². The molecule has 0 bridgehead atoms. The summed E-state index contributed by atoms with van der Waals surface area (Å²) in [6, 6.07) is 2.85. The Bertz CT molecular complexity index is 1200. The van der Waals surface area contributed by atoms with E-state index in [1.807, 2.05) is 20.8 Å². The first-order valence-corrected chi connectivity index (χ1v) is 12.5. The minimum atomic E-state index is -0.875. The molecule has 5 N–H and O–H groups in total. The van der Waals surface area contributed by atoms with Crippen LogP contribution in [0, 0.1) is 11.2 Å². The molecule has 1 amide bonds. The molecule has 0 radical (unpaired) electrons. The molecule has 0 spiro atoms. The third-order valence-corrected chi connectivity index (χ3v) is 7.02. The first kappa shape index (κ1) is 25.8. The number of carbonyl (C=O) groups excluding carboxylic acids is 3. The van der Waals surface area contributed by atoms with E-state index in [9.17, 15) is 14.4 Å². The van der Waals surface area contributed by atoms with Gasteiger partial charge in [0.2, 0.25) is 0 Å². The number of nitrogens with zero attached hydrogens (tertiary/aromatic N) is 2. The summed E-state index contributed by atoms with van der Waals surface area (Å²) in [5, 5.41) is 7.95. The molecular formula is C26H34FN5O4. The fourth-order valence-electron chi connectivity index (χ4n) is 5.35. The Labute approximate surface area is 209 Å². The molecule has 4 rings (SSSR count). The predicted octanol–water partition coefficient (Wildman–Crippen LogP) is 3.05. The number of Topliss-reactive ketones (excluding diaryl/α,β-unsaturated/α-hetero) is 1. The van der Waals surface area contributed by atoms with Gasteiger partial charge in [-0.1, -0.05) is 20.8 Å². The van der Waals surface area contributed by atoms with Crippen LogP contribution in [0.3, 0.4) is 0 Å². The van der Waals surface area contributed by atoms with Gasteiger partial charge in [-0.25, -0.2) is 9.07 Å². The molecule has 1 aromatic carbocycles. The molecule has 10 heteroatoms. The number of rotatable bonds is 7. The molecule has 194 valence electrons. The maximum absolute atomic E-state index is 15.3. The minimum Gasteiger partial charge on any atom is -0.461 e. The number of ether oxygens (including phenoxy) is 1. The molecule has 36 heavy (non-hydrogen) atoms. The van der Waals surface area contributed by atoms with Crippen molar-refractivity contribution < 1.29 is 23.5 Å². The van der Waals surface area contributed by atoms with E-state index in [0.717, 1.165) is 5.69 Å². The van der Waals surface area contributed by atoms with Gasteiger partial charge in [0.1, 0.15) is 11.9 Å². The van der Waals surface area contributed by atoms with E-state index in [4.69, 9.17) is 16.2 Å². The van der Waals surface area contributed by atoms with Gasteiger partial charge in [0.25, 0.3) is 5.91 Å². The maximum atomic E-state index is 15.3. The lowest BCUT2D eigenvalue weighted by Gasteiger charge is -2.30. The Hall–Kier alpha value is -3.27. The highest BCUT2D eigenvalue weighted by molar-refractivity contribution is 6.00. The number of carbonyl (C=O) groups is 3. The number of aromatic nitrogens is 2. The van der Waals surface area contributed by atoms with Crippen LogP contribution >= 0.6 is 0 Å². The standard InChI is InChI=1S/C26H34FN5O4/c1-4-18-24-20(11-26(2,3)12-21(24)33)32(31-18)15-9-17(27)23(25(29)35)19(10-15)30-14-5-7-16(8-6-14)36-22(34)13-28/h9-10,14,16,30H,4-8,11-13,28H2,1-3H3,(H2,29,35). The normalized spacial score (nSPS) is 21.1. The number of anilines is 1. The summed E-state index contributed by atoms with van der Waals surface area (Å²) >= 11 is 0. The molecule has 9 nitrogen and oxygen atoms in total. The zero-order valence-corrected chi connectivity index (χ0v) is 21.0. The van der Waals surface area contributed by atoms with Gasteiger partial charge in [-0.2, -0.15) is 5.10 Å². The molecular weight excluding hydrogens is 465 g/mol. The van der Waals surface area contributed by atoms with Gasteiger partial charge in [0, 0.05) is 18.5 Å². The van der Waals surface area contributed by atoms with Crippen molar-refractivity contribution in [1.82, 2.24) is 9.78 Å². The van der Waals surface area contributed by atoms with Crippen molar-refractivity contribution in [3.05, 3.63) is 40.5 Å². The Morgan fingerprint density at radius 3 is 2.53 bits per heavy atom. The van der Waals surface area contributed by atoms with E-state index < -0.39 is 17.7 Å². The van der Waals surface area contributed by atoms with Crippen LogP contribution in [0.4, 0.5) is 10.1 Å². The van der Waals surface area contributed by atoms with Crippen LogP contribution in [-0.2, 0) is 22.4 Å². The average molecular weight is 500 g/mol. The van der Waals surface area contributed by atoms with Crippen molar-refractivity contribution >= 4 is 23.3 Å². The van der Waals surface area contributed by atoms with Crippen LogP contribution in [0.5, 0.6) is 0 Å². The molecule has 0 atom stereocenters. The van der Waals surface area contributed by atoms with E-state index in [-0.39, 0.29) is 41.1 Å². The number of hydrogen-bond acceptors (Lipinski definition) is 7. The fourth-order valence-corrected chi connectivity index (χ4v) is 5.35. The van der Waals surface area contributed by atoms with Crippen molar-refractivity contribution in [3.63, 3.8) is 0 Å². The molecule has 2 aliphatic rings. The van der Waals surface area contributed by atoms with E-state index in [1.54, 1.807) is 10.7 Å². The number of hydrogen-bond donors (Lipinski definition) is 3. The molecule has 0 unspecified atom stereocenters. The zero-order chi connectivity index (χ0) is 26.2. The monoisotopic (exact) mass is 499 g/mol. The number of esters is 1. The SMILES string of the molecule is CCc1nn(-c2cc(F)c(C(N)=O)c(NC3CCC(OC(=O)CN)CC3)c2)c2c1C(=O)CC(C)(C)C2. The van der Waals surface area contributed by atoms with Crippen LogP contribution in [-0.4, -0.2) is 46.1 Å². The molecule has 0 aliphatic heterocycles. The first-order valence-electron chi connectivity index (χ1n) is 12.5. The number of amides is 1. The largest absolute Gasteiger partial charge is 0.461 e. The number of nitrogens with two attached hydrogens (primary N) is 2. The van der Waals surface area contributed by atoms with E-state index in [2.05, 4.69) is 10.4 Å². The van der Waals surface area contributed by atoms with E-state index in [0.29, 0.717) is 61.9 Å². The number of ketones is 1. The number of fused-ring (bicyclic) bond motifs is 1. The lowest BCUT2D eigenvalue weighted by Crippen LogP contribution is -2.33. The highest BCUT2D eigenvalue weighted by Crippen LogP contribution is 2.38. The van der Waals surface area contributed by atoms with Crippen LogP contribution in [0.2, 0.25) is 0 Å². The van der Waals surface area contributed by atoms with Gasteiger partial charge in [-0.15, -0.1) is 0 Å². The summed E-state index contributed by atoms with van der Waals surface area (Å²) in [6.07, 6.45) is 3.99. The van der Waals surface area contributed by atoms with Crippen molar-refractivity contribution in [2.75, 3.05) is 11.9 Å². The minimum absolute atomic E-state index is 0.0454. The van der Waals surface area contributed by atoms with Crippen LogP contribution < -0.4 is 16.8 Å². The van der Waals surface area contributed by atoms with Crippen molar-refractivity contribution in [3.8, 4) is 5.69 Å². The smallest absolute Gasteiger partial charge is 0.319 e. The van der Waals surface area contributed by atoms with E-state index >= 15 is 4.39 Å². The van der Waals surface area contributed by atoms with Gasteiger partial charge in [-0.05, 0) is 50.0 Å². The van der Waals surface area contributed by atoms with Gasteiger partial charge >= 0.3 is 5.97 Å². The number of aryl methyl sites for hydroxylation is 1. The summed E-state index contributed by atoms with van der Waals surface area (Å²) in [5.41, 5.74) is 13.2. The Kier molecular flexibility index (Phi) is 7.17. The lowest BCUT2D eigenvalue weighted by atomic mass is 9.75. The Balaban J connectivity index is 1.67. The van der Waals surface area contributed by atoms with E-state index in [1.165, 1.54) is 6.07 Å². The van der Waals surface area contributed by atoms with Crippen LogP contribution in [0.15, 0.2) is 12.1 Å². The summed E-state index contributed by atoms with van der Waals surface area (Å²) in [7, 11) is 0. The number of halogens is 1. The molecule has 2 aromatic rings. The Morgan fingerprint density at radius 2 is 1.92 bits per heavy atom. The van der Waals surface area contributed by atoms with Crippen LogP contribution in [0.25, 0.3) is 5.69 Å². The second-order valence-electron chi connectivity index (χ2n) is 10.5. The second kappa shape index (κ2) is 10.0. The van der Waals surface area contributed by atoms with Gasteiger partial charge in [0.05, 0.1) is 40.4 Å². The Morgan fingerprint density at radius 1 is 1.22 bits per heavy atom. The third kappa shape index (κ3) is 5.13. The highest BCUT2D eigenvalue weighted by Gasteiger charge is 2.36. The third-order valence-electron chi connectivity index (χ3n) is 7.02. The van der Waals surface area contributed by atoms with Crippen LogP contribution in [0.1, 0.15) is 85.0 Å². The molecule has 1 fully saturated rings. The molecule has 1 saturated carbocycles. The quantitative estimate of drug-likeness (QED) is 0.497. The predicted molar refractivity (Wildman–Crippen MR) is 133 cm³/mol. The topological polar surface area (TPSA) is 142 Å². The molecule has 1 aromatic heterocycles. The number of nitrogens with one attached hydrogen (secondary N) is 1. The van der Waals surface area contributed by atoms with Gasteiger partial charge < -0.3 is 21.5 Å². The maximum Gasteiger partial charge on any atom is 0.319 e. The highest BCUT2D eigenvalue weighted by atomic mass is 19.1. The summed E-state index contributed by atoms with van der Waals surface area (Å²) < 4.78 is 22.2. The second-order valence-corrected chi connectivity index (χ2v) is 10.5. The van der Waals surface area contributed by atoms with Crippen molar-refractivity contribution in [1.29, 1.82) is 0 Å². The molecule has 0 saturated heterocycles. The number of benzene rings is 1. The summed E-state index contributed by atoms with van der Waals surface area (Å²) in [4.78, 5) is 36.6. The van der Waals surface area contributed by atoms with Gasteiger partial charge in [0.15, 0.2) is 5.78 Å². The van der Waals surface area contributed by atoms with Crippen molar-refractivity contribution in [2.24, 2.45) is 16.9 Å². The summed E-state index contributed by atoms with van der Waals surface area (Å²) in [6.45, 7) is 5.83. The molecule has 1 heterocycles. The van der Waals surface area contributed by atoms with Crippen molar-refractivity contribution in [2.45, 2.75) is 77.9 Å². The fraction of sp³-hybridized carbons (Fsp3) is 0.538.